The summed E-state index contributed by atoms with van der Waals surface area (Å²) in [6, 6.07) is 6.86. The first-order valence-electron chi connectivity index (χ1n) is 10.1. The van der Waals surface area contributed by atoms with Crippen molar-refractivity contribution in [1.29, 1.82) is 0 Å². The SMILES string of the molecule is O=C1c2ccccc2C(=O)N1OC(=O)N(C1CCCCC1)C1CCCCC1. The summed E-state index contributed by atoms with van der Waals surface area (Å²) in [7, 11) is 0. The number of carbonyl (C=O) groups excluding carboxylic acids is 3. The second-order valence-corrected chi connectivity index (χ2v) is 7.80. The van der Waals surface area contributed by atoms with Gasteiger partial charge in [0.05, 0.1) is 11.1 Å². The molecule has 0 bridgehead atoms. The van der Waals surface area contributed by atoms with Crippen molar-refractivity contribution in [3.63, 3.8) is 0 Å². The zero-order valence-corrected chi connectivity index (χ0v) is 15.6. The minimum Gasteiger partial charge on any atom is -0.310 e. The quantitative estimate of drug-likeness (QED) is 0.744. The molecule has 3 aliphatic rings. The summed E-state index contributed by atoms with van der Waals surface area (Å²) in [6.45, 7) is 0. The van der Waals surface area contributed by atoms with Crippen molar-refractivity contribution in [1.82, 2.24) is 9.96 Å². The minimum atomic E-state index is -0.559. The van der Waals surface area contributed by atoms with Gasteiger partial charge in [-0.2, -0.15) is 0 Å². The molecular weight excluding hydrogens is 344 g/mol. The summed E-state index contributed by atoms with van der Waals surface area (Å²) >= 11 is 0. The normalized spacial score (nSPS) is 21.3. The van der Waals surface area contributed by atoms with Gasteiger partial charge in [0.25, 0.3) is 11.8 Å². The fraction of sp³-hybridized carbons (Fsp3) is 0.571. The molecular formula is C21H26N2O4. The number of nitrogens with zero attached hydrogens (tertiary/aromatic N) is 2. The first-order chi connectivity index (χ1) is 13.2. The van der Waals surface area contributed by atoms with Crippen LogP contribution < -0.4 is 0 Å². The second-order valence-electron chi connectivity index (χ2n) is 7.80. The molecule has 0 N–H and O–H groups in total. The molecule has 0 unspecified atom stereocenters. The molecule has 2 aliphatic carbocycles. The van der Waals surface area contributed by atoms with Crippen LogP contribution in [0.2, 0.25) is 0 Å². The van der Waals surface area contributed by atoms with E-state index in [2.05, 4.69) is 0 Å². The van der Waals surface area contributed by atoms with Gasteiger partial charge < -0.3 is 9.74 Å². The Bertz CT molecular complexity index is 682. The summed E-state index contributed by atoms with van der Waals surface area (Å²) in [5, 5.41) is 0.644. The zero-order valence-electron chi connectivity index (χ0n) is 15.6. The molecule has 0 saturated heterocycles. The number of hydrogen-bond donors (Lipinski definition) is 0. The van der Waals surface area contributed by atoms with Crippen LogP contribution in [0.25, 0.3) is 0 Å². The van der Waals surface area contributed by atoms with E-state index in [4.69, 9.17) is 4.84 Å². The Morgan fingerprint density at radius 2 is 1.26 bits per heavy atom. The van der Waals surface area contributed by atoms with E-state index < -0.39 is 17.9 Å². The molecule has 1 aliphatic heterocycles. The summed E-state index contributed by atoms with van der Waals surface area (Å²) in [5.74, 6) is -1.12. The highest BCUT2D eigenvalue weighted by atomic mass is 16.7. The topological polar surface area (TPSA) is 66.9 Å². The molecule has 6 heteroatoms. The Kier molecular flexibility index (Phi) is 5.14. The Morgan fingerprint density at radius 1 is 0.815 bits per heavy atom. The number of rotatable bonds is 3. The molecule has 2 saturated carbocycles. The van der Waals surface area contributed by atoms with E-state index >= 15 is 0 Å². The van der Waals surface area contributed by atoms with Gasteiger partial charge in [0.1, 0.15) is 0 Å². The van der Waals surface area contributed by atoms with Gasteiger partial charge in [-0.1, -0.05) is 55.7 Å². The molecule has 0 atom stereocenters. The fourth-order valence-corrected chi connectivity index (χ4v) is 4.69. The lowest BCUT2D eigenvalue weighted by Crippen LogP contribution is -2.51. The highest BCUT2D eigenvalue weighted by Crippen LogP contribution is 2.32. The first-order valence-corrected chi connectivity index (χ1v) is 10.1. The standard InChI is InChI=1S/C21H26N2O4/c24-19-17-13-7-8-14-18(17)20(25)23(19)27-21(26)22(15-9-3-1-4-10-15)16-11-5-2-6-12-16/h7-8,13-16H,1-6,9-12H2. The van der Waals surface area contributed by atoms with Crippen molar-refractivity contribution in [2.75, 3.05) is 0 Å². The molecule has 144 valence electrons. The summed E-state index contributed by atoms with van der Waals surface area (Å²) in [5.41, 5.74) is 0.578. The molecule has 1 heterocycles. The maximum Gasteiger partial charge on any atom is 0.435 e. The fourth-order valence-electron chi connectivity index (χ4n) is 4.69. The van der Waals surface area contributed by atoms with Gasteiger partial charge in [-0.15, -0.1) is 0 Å². The highest BCUT2D eigenvalue weighted by molar-refractivity contribution is 6.20. The molecule has 2 fully saturated rings. The number of benzene rings is 1. The van der Waals surface area contributed by atoms with Crippen molar-refractivity contribution >= 4 is 17.9 Å². The monoisotopic (exact) mass is 370 g/mol. The van der Waals surface area contributed by atoms with Crippen LogP contribution in [0.5, 0.6) is 0 Å². The van der Waals surface area contributed by atoms with Crippen LogP contribution in [0.3, 0.4) is 0 Å². The van der Waals surface area contributed by atoms with E-state index in [1.54, 1.807) is 24.3 Å². The minimum absolute atomic E-state index is 0.143. The van der Waals surface area contributed by atoms with E-state index in [0.717, 1.165) is 51.4 Å². The smallest absolute Gasteiger partial charge is 0.310 e. The van der Waals surface area contributed by atoms with Crippen LogP contribution in [-0.4, -0.2) is 40.0 Å². The molecule has 1 aromatic rings. The lowest BCUT2D eigenvalue weighted by Gasteiger charge is -2.40. The van der Waals surface area contributed by atoms with Gasteiger partial charge in [0.2, 0.25) is 0 Å². The molecule has 3 amide bonds. The van der Waals surface area contributed by atoms with Gasteiger partial charge >= 0.3 is 6.09 Å². The van der Waals surface area contributed by atoms with Crippen LogP contribution in [-0.2, 0) is 4.84 Å². The maximum atomic E-state index is 13.1. The molecule has 0 spiro atoms. The van der Waals surface area contributed by atoms with Crippen molar-refractivity contribution in [2.45, 2.75) is 76.3 Å². The second kappa shape index (κ2) is 7.71. The Morgan fingerprint density at radius 3 is 1.70 bits per heavy atom. The lowest BCUT2D eigenvalue weighted by atomic mass is 9.89. The van der Waals surface area contributed by atoms with Gasteiger partial charge in [-0.05, 0) is 37.8 Å². The predicted molar refractivity (Wildman–Crippen MR) is 99.0 cm³/mol. The summed E-state index contributed by atoms with van der Waals surface area (Å²) in [6.07, 6.45) is 10.1. The third kappa shape index (κ3) is 3.45. The maximum absolute atomic E-state index is 13.1. The van der Waals surface area contributed by atoms with E-state index in [9.17, 15) is 14.4 Å². The number of hydroxylamine groups is 2. The number of hydrogen-bond acceptors (Lipinski definition) is 4. The molecule has 1 aromatic carbocycles. The molecule has 0 radical (unpaired) electrons. The Balaban J connectivity index is 1.53. The molecule has 27 heavy (non-hydrogen) atoms. The average molecular weight is 370 g/mol. The van der Waals surface area contributed by atoms with Crippen LogP contribution in [0.1, 0.15) is 84.9 Å². The molecule has 4 rings (SSSR count). The number of fused-ring (bicyclic) bond motifs is 1. The number of imide groups is 1. The number of carbonyl (C=O) groups is 3. The van der Waals surface area contributed by atoms with Gasteiger partial charge in [-0.25, -0.2) is 4.79 Å². The van der Waals surface area contributed by atoms with Crippen molar-refractivity contribution in [3.8, 4) is 0 Å². The van der Waals surface area contributed by atoms with Crippen LogP contribution in [0.15, 0.2) is 24.3 Å². The van der Waals surface area contributed by atoms with Crippen LogP contribution in [0, 0.1) is 0 Å². The van der Waals surface area contributed by atoms with Crippen molar-refractivity contribution < 1.29 is 19.2 Å². The van der Waals surface area contributed by atoms with E-state index in [-0.39, 0.29) is 23.2 Å². The predicted octanol–water partition coefficient (Wildman–Crippen LogP) is 4.30. The number of amides is 3. The highest BCUT2D eigenvalue weighted by Gasteiger charge is 2.41. The third-order valence-electron chi connectivity index (χ3n) is 6.07. The van der Waals surface area contributed by atoms with E-state index in [0.29, 0.717) is 5.06 Å². The van der Waals surface area contributed by atoms with E-state index in [1.807, 2.05) is 4.90 Å². The summed E-state index contributed by atoms with van der Waals surface area (Å²) < 4.78 is 0. The molecule has 6 nitrogen and oxygen atoms in total. The van der Waals surface area contributed by atoms with E-state index in [1.165, 1.54) is 12.8 Å². The van der Waals surface area contributed by atoms with Gasteiger partial charge in [0.15, 0.2) is 0 Å². The Labute approximate surface area is 159 Å². The van der Waals surface area contributed by atoms with Crippen LogP contribution >= 0.6 is 0 Å². The lowest BCUT2D eigenvalue weighted by molar-refractivity contribution is -0.0688. The van der Waals surface area contributed by atoms with Crippen LogP contribution in [0.4, 0.5) is 4.79 Å². The third-order valence-corrected chi connectivity index (χ3v) is 6.07. The first kappa shape index (κ1) is 18.0. The zero-order chi connectivity index (χ0) is 18.8. The largest absolute Gasteiger partial charge is 0.435 e. The van der Waals surface area contributed by atoms with Gasteiger partial charge in [0, 0.05) is 12.1 Å². The van der Waals surface area contributed by atoms with Gasteiger partial charge in [-0.3, -0.25) is 9.59 Å². The molecule has 0 aromatic heterocycles. The van der Waals surface area contributed by atoms with Crippen molar-refractivity contribution in [3.05, 3.63) is 35.4 Å². The Hall–Kier alpha value is -2.37. The van der Waals surface area contributed by atoms with Crippen molar-refractivity contribution in [2.24, 2.45) is 0 Å². The summed E-state index contributed by atoms with van der Waals surface area (Å²) in [4.78, 5) is 45.4. The average Bonchev–Trinajstić information content (AvgIpc) is 2.95.